The first-order valence-corrected chi connectivity index (χ1v) is 7.95. The van der Waals surface area contributed by atoms with Crippen molar-refractivity contribution in [3.63, 3.8) is 0 Å². The van der Waals surface area contributed by atoms with E-state index in [4.69, 9.17) is 11.6 Å². The second kappa shape index (κ2) is 7.10. The number of rotatable bonds is 6. The summed E-state index contributed by atoms with van der Waals surface area (Å²) in [5.41, 5.74) is 4.73. The zero-order valence-corrected chi connectivity index (χ0v) is 14.0. The first-order chi connectivity index (χ1) is 10.1. The minimum atomic E-state index is 0.262. The van der Waals surface area contributed by atoms with Gasteiger partial charge < -0.3 is 5.32 Å². The SMILES string of the molecule is CCNC(Cc1c(Cl)c(C)nn1C)c1ccccc1CC. The Kier molecular flexibility index (Phi) is 5.43. The van der Waals surface area contributed by atoms with Crippen LogP contribution in [0.3, 0.4) is 0 Å². The molecular weight excluding hydrogens is 282 g/mol. The average Bonchev–Trinajstić information content (AvgIpc) is 2.73. The summed E-state index contributed by atoms with van der Waals surface area (Å²) >= 11 is 6.41. The van der Waals surface area contributed by atoms with Crippen LogP contribution < -0.4 is 5.32 Å². The molecule has 0 fully saturated rings. The Balaban J connectivity index is 2.35. The maximum Gasteiger partial charge on any atom is 0.0847 e. The lowest BCUT2D eigenvalue weighted by molar-refractivity contribution is 0.525. The van der Waals surface area contributed by atoms with Crippen LogP contribution >= 0.6 is 11.6 Å². The van der Waals surface area contributed by atoms with Gasteiger partial charge in [0.15, 0.2) is 0 Å². The Labute approximate surface area is 132 Å². The molecule has 0 spiro atoms. The normalized spacial score (nSPS) is 12.6. The van der Waals surface area contributed by atoms with Gasteiger partial charge in [-0.2, -0.15) is 5.10 Å². The number of hydrogen-bond acceptors (Lipinski definition) is 2. The second-order valence-corrected chi connectivity index (χ2v) is 5.71. The Morgan fingerprint density at radius 1 is 1.29 bits per heavy atom. The Bertz CT molecular complexity index is 604. The minimum absolute atomic E-state index is 0.262. The third-order valence-corrected chi connectivity index (χ3v) is 4.41. The van der Waals surface area contributed by atoms with E-state index in [1.165, 1.54) is 11.1 Å². The maximum absolute atomic E-state index is 6.41. The van der Waals surface area contributed by atoms with Gasteiger partial charge in [-0.05, 0) is 31.0 Å². The average molecular weight is 306 g/mol. The summed E-state index contributed by atoms with van der Waals surface area (Å²) < 4.78 is 1.90. The number of likely N-dealkylation sites (N-methyl/N-ethyl adjacent to an activating group) is 1. The van der Waals surface area contributed by atoms with Crippen molar-refractivity contribution in [3.8, 4) is 0 Å². The molecule has 1 aromatic carbocycles. The van der Waals surface area contributed by atoms with Gasteiger partial charge in [-0.25, -0.2) is 0 Å². The van der Waals surface area contributed by atoms with Gasteiger partial charge in [-0.1, -0.05) is 49.7 Å². The fourth-order valence-corrected chi connectivity index (χ4v) is 3.07. The molecule has 4 heteroatoms. The van der Waals surface area contributed by atoms with Gasteiger partial charge in [0.1, 0.15) is 0 Å². The highest BCUT2D eigenvalue weighted by molar-refractivity contribution is 6.31. The standard InChI is InChI=1S/C17H24ClN3/c1-5-13-9-7-8-10-14(13)15(19-6-2)11-16-17(18)12(3)20-21(16)4/h7-10,15,19H,5-6,11H2,1-4H3. The molecule has 1 heterocycles. The van der Waals surface area contributed by atoms with E-state index in [1.54, 1.807) is 0 Å². The molecule has 0 amide bonds. The van der Waals surface area contributed by atoms with Crippen molar-refractivity contribution in [2.45, 2.75) is 39.7 Å². The molecule has 0 aliphatic carbocycles. The van der Waals surface area contributed by atoms with E-state index in [-0.39, 0.29) is 6.04 Å². The Hall–Kier alpha value is -1.32. The molecule has 0 radical (unpaired) electrons. The van der Waals surface area contributed by atoms with Crippen LogP contribution in [0.25, 0.3) is 0 Å². The quantitative estimate of drug-likeness (QED) is 0.879. The van der Waals surface area contributed by atoms with E-state index < -0.39 is 0 Å². The van der Waals surface area contributed by atoms with Gasteiger partial charge in [0.25, 0.3) is 0 Å². The summed E-state index contributed by atoms with van der Waals surface area (Å²) in [7, 11) is 1.96. The molecule has 3 nitrogen and oxygen atoms in total. The first kappa shape index (κ1) is 16.1. The van der Waals surface area contributed by atoms with Gasteiger partial charge in [0, 0.05) is 19.5 Å². The highest BCUT2D eigenvalue weighted by atomic mass is 35.5. The molecule has 0 saturated carbocycles. The fourth-order valence-electron chi connectivity index (χ4n) is 2.83. The topological polar surface area (TPSA) is 29.9 Å². The summed E-state index contributed by atoms with van der Waals surface area (Å²) in [6, 6.07) is 8.89. The lowest BCUT2D eigenvalue weighted by atomic mass is 9.95. The van der Waals surface area contributed by atoms with Crippen LogP contribution in [0.1, 0.15) is 42.4 Å². The third-order valence-electron chi connectivity index (χ3n) is 3.92. The number of nitrogens with zero attached hydrogens (tertiary/aromatic N) is 2. The number of aryl methyl sites for hydroxylation is 3. The van der Waals surface area contributed by atoms with Crippen LogP contribution in [-0.2, 0) is 19.9 Å². The van der Waals surface area contributed by atoms with Gasteiger partial charge in [-0.3, -0.25) is 4.68 Å². The molecule has 0 saturated heterocycles. The maximum atomic E-state index is 6.41. The lowest BCUT2D eigenvalue weighted by Crippen LogP contribution is -2.25. The summed E-state index contributed by atoms with van der Waals surface area (Å²) in [5.74, 6) is 0. The van der Waals surface area contributed by atoms with E-state index in [0.29, 0.717) is 0 Å². The fraction of sp³-hybridized carbons (Fsp3) is 0.471. The smallest absolute Gasteiger partial charge is 0.0847 e. The van der Waals surface area contributed by atoms with Crippen molar-refractivity contribution in [2.24, 2.45) is 7.05 Å². The molecule has 0 bridgehead atoms. The van der Waals surface area contributed by atoms with Gasteiger partial charge in [-0.15, -0.1) is 0 Å². The molecule has 2 aromatic rings. The Morgan fingerprint density at radius 3 is 2.57 bits per heavy atom. The van der Waals surface area contributed by atoms with E-state index in [2.05, 4.69) is 48.5 Å². The molecule has 1 aromatic heterocycles. The summed E-state index contributed by atoms with van der Waals surface area (Å²) in [6.45, 7) is 7.21. The Morgan fingerprint density at radius 2 is 2.00 bits per heavy atom. The monoisotopic (exact) mass is 305 g/mol. The van der Waals surface area contributed by atoms with Crippen LogP contribution in [0.15, 0.2) is 24.3 Å². The molecular formula is C17H24ClN3. The van der Waals surface area contributed by atoms with Crippen molar-refractivity contribution < 1.29 is 0 Å². The molecule has 21 heavy (non-hydrogen) atoms. The summed E-state index contributed by atoms with van der Waals surface area (Å²) in [6.07, 6.45) is 1.89. The summed E-state index contributed by atoms with van der Waals surface area (Å²) in [4.78, 5) is 0. The molecule has 1 unspecified atom stereocenters. The lowest BCUT2D eigenvalue weighted by Gasteiger charge is -2.21. The van der Waals surface area contributed by atoms with Gasteiger partial charge in [0.05, 0.1) is 16.4 Å². The highest BCUT2D eigenvalue weighted by Crippen LogP contribution is 2.27. The highest BCUT2D eigenvalue weighted by Gasteiger charge is 2.19. The van der Waals surface area contributed by atoms with Gasteiger partial charge in [0.2, 0.25) is 0 Å². The number of halogens is 1. The zero-order valence-electron chi connectivity index (χ0n) is 13.3. The molecule has 1 N–H and O–H groups in total. The summed E-state index contributed by atoms with van der Waals surface area (Å²) in [5, 5.41) is 8.79. The molecule has 114 valence electrons. The molecule has 0 aliphatic rings. The molecule has 2 rings (SSSR count). The van der Waals surface area contributed by atoms with E-state index in [0.717, 1.165) is 35.8 Å². The van der Waals surface area contributed by atoms with Crippen molar-refractivity contribution >= 4 is 11.6 Å². The zero-order chi connectivity index (χ0) is 15.4. The predicted octanol–water partition coefficient (Wildman–Crippen LogP) is 3.84. The van der Waals surface area contributed by atoms with Crippen molar-refractivity contribution in [1.82, 2.24) is 15.1 Å². The van der Waals surface area contributed by atoms with Crippen LogP contribution in [-0.4, -0.2) is 16.3 Å². The van der Waals surface area contributed by atoms with Crippen LogP contribution in [0.2, 0.25) is 5.02 Å². The van der Waals surface area contributed by atoms with E-state index in [1.807, 2.05) is 18.7 Å². The largest absolute Gasteiger partial charge is 0.310 e. The van der Waals surface area contributed by atoms with E-state index >= 15 is 0 Å². The third kappa shape index (κ3) is 3.47. The van der Waals surface area contributed by atoms with Crippen molar-refractivity contribution in [1.29, 1.82) is 0 Å². The number of hydrogen-bond donors (Lipinski definition) is 1. The van der Waals surface area contributed by atoms with Crippen LogP contribution in [0.5, 0.6) is 0 Å². The minimum Gasteiger partial charge on any atom is -0.310 e. The predicted molar refractivity (Wildman–Crippen MR) is 88.9 cm³/mol. The number of nitrogens with one attached hydrogen (secondary N) is 1. The second-order valence-electron chi connectivity index (χ2n) is 5.34. The van der Waals surface area contributed by atoms with Crippen LogP contribution in [0, 0.1) is 6.92 Å². The van der Waals surface area contributed by atoms with Crippen LogP contribution in [0.4, 0.5) is 0 Å². The number of benzene rings is 1. The van der Waals surface area contributed by atoms with Crippen molar-refractivity contribution in [3.05, 3.63) is 51.8 Å². The van der Waals surface area contributed by atoms with Crippen molar-refractivity contribution in [2.75, 3.05) is 6.54 Å². The first-order valence-electron chi connectivity index (χ1n) is 7.57. The number of aromatic nitrogens is 2. The molecule has 1 atom stereocenters. The van der Waals surface area contributed by atoms with E-state index in [9.17, 15) is 0 Å². The molecule has 0 aliphatic heterocycles. The van der Waals surface area contributed by atoms with Gasteiger partial charge >= 0.3 is 0 Å².